The van der Waals surface area contributed by atoms with E-state index >= 15 is 0 Å². The van der Waals surface area contributed by atoms with E-state index in [-0.39, 0.29) is 12.3 Å². The maximum atomic E-state index is 11.6. The SMILES string of the molecule is CCc1ccc(C(CC(=O)N(C)C)C(=O)O)cc1. The fraction of sp³-hybridized carbons (Fsp3) is 0.429. The topological polar surface area (TPSA) is 57.6 Å². The van der Waals surface area contributed by atoms with E-state index < -0.39 is 11.9 Å². The highest BCUT2D eigenvalue weighted by atomic mass is 16.4. The molecule has 0 spiro atoms. The smallest absolute Gasteiger partial charge is 0.311 e. The zero-order valence-corrected chi connectivity index (χ0v) is 11.0. The van der Waals surface area contributed by atoms with Gasteiger partial charge in [0.25, 0.3) is 0 Å². The Hall–Kier alpha value is -1.84. The Labute approximate surface area is 107 Å². The molecule has 0 aliphatic rings. The summed E-state index contributed by atoms with van der Waals surface area (Å²) in [7, 11) is 3.25. The minimum atomic E-state index is -0.963. The summed E-state index contributed by atoms with van der Waals surface area (Å²) in [6, 6.07) is 7.40. The average molecular weight is 249 g/mol. The number of carbonyl (C=O) groups is 2. The molecular formula is C14H19NO3. The van der Waals surface area contributed by atoms with E-state index in [9.17, 15) is 14.7 Å². The first kappa shape index (κ1) is 14.2. The van der Waals surface area contributed by atoms with Crippen molar-refractivity contribution in [2.75, 3.05) is 14.1 Å². The van der Waals surface area contributed by atoms with E-state index in [1.165, 1.54) is 4.90 Å². The highest BCUT2D eigenvalue weighted by Crippen LogP contribution is 2.21. The van der Waals surface area contributed by atoms with Gasteiger partial charge in [0.1, 0.15) is 0 Å². The van der Waals surface area contributed by atoms with Crippen LogP contribution in [0.25, 0.3) is 0 Å². The molecule has 0 bridgehead atoms. The van der Waals surface area contributed by atoms with E-state index in [1.807, 2.05) is 19.1 Å². The quantitative estimate of drug-likeness (QED) is 0.867. The number of rotatable bonds is 5. The van der Waals surface area contributed by atoms with Crippen molar-refractivity contribution in [3.8, 4) is 0 Å². The Bertz CT molecular complexity index is 423. The minimum Gasteiger partial charge on any atom is -0.481 e. The standard InChI is InChI=1S/C14H19NO3/c1-4-10-5-7-11(8-6-10)12(14(17)18)9-13(16)15(2)3/h5-8,12H,4,9H2,1-3H3,(H,17,18). The molecule has 0 saturated carbocycles. The molecule has 4 nitrogen and oxygen atoms in total. The molecule has 0 fully saturated rings. The largest absolute Gasteiger partial charge is 0.481 e. The predicted molar refractivity (Wildman–Crippen MR) is 69.5 cm³/mol. The van der Waals surface area contributed by atoms with E-state index in [0.29, 0.717) is 5.56 Å². The van der Waals surface area contributed by atoms with Crippen molar-refractivity contribution in [1.82, 2.24) is 4.90 Å². The summed E-state index contributed by atoms with van der Waals surface area (Å²) in [5.41, 5.74) is 1.83. The molecule has 1 amide bonds. The van der Waals surface area contributed by atoms with Crippen LogP contribution in [0.3, 0.4) is 0 Å². The number of carboxylic acid groups (broad SMARTS) is 1. The average Bonchev–Trinajstić information content (AvgIpc) is 2.35. The number of carbonyl (C=O) groups excluding carboxylic acids is 1. The van der Waals surface area contributed by atoms with Gasteiger partial charge in [-0.2, -0.15) is 0 Å². The molecule has 1 aromatic carbocycles. The van der Waals surface area contributed by atoms with E-state index in [4.69, 9.17) is 0 Å². The summed E-state index contributed by atoms with van der Waals surface area (Å²) in [6.45, 7) is 2.04. The van der Waals surface area contributed by atoms with Crippen LogP contribution in [-0.4, -0.2) is 36.0 Å². The summed E-state index contributed by atoms with van der Waals surface area (Å²) in [4.78, 5) is 24.3. The van der Waals surface area contributed by atoms with Crippen LogP contribution in [0.5, 0.6) is 0 Å². The summed E-state index contributed by atoms with van der Waals surface area (Å²) in [5.74, 6) is -1.91. The van der Waals surface area contributed by atoms with Crippen LogP contribution < -0.4 is 0 Å². The zero-order valence-electron chi connectivity index (χ0n) is 11.0. The third-order valence-electron chi connectivity index (χ3n) is 2.97. The number of amides is 1. The first-order valence-electron chi connectivity index (χ1n) is 5.97. The van der Waals surface area contributed by atoms with Gasteiger partial charge in [-0.25, -0.2) is 0 Å². The Morgan fingerprint density at radius 2 is 1.78 bits per heavy atom. The Balaban J connectivity index is 2.90. The molecule has 0 heterocycles. The van der Waals surface area contributed by atoms with Gasteiger partial charge in [0.05, 0.1) is 5.92 Å². The van der Waals surface area contributed by atoms with Gasteiger partial charge in [-0.15, -0.1) is 0 Å². The van der Waals surface area contributed by atoms with Crippen molar-refractivity contribution in [3.05, 3.63) is 35.4 Å². The number of hydrogen-bond donors (Lipinski definition) is 1. The minimum absolute atomic E-state index is 0.00615. The van der Waals surface area contributed by atoms with Crippen molar-refractivity contribution in [1.29, 1.82) is 0 Å². The Morgan fingerprint density at radius 1 is 1.22 bits per heavy atom. The van der Waals surface area contributed by atoms with Crippen LogP contribution >= 0.6 is 0 Å². The maximum absolute atomic E-state index is 11.6. The van der Waals surface area contributed by atoms with Crippen LogP contribution in [-0.2, 0) is 16.0 Å². The second-order valence-electron chi connectivity index (χ2n) is 4.48. The molecule has 0 aromatic heterocycles. The highest BCUT2D eigenvalue weighted by Gasteiger charge is 2.23. The van der Waals surface area contributed by atoms with Crippen molar-refractivity contribution >= 4 is 11.9 Å². The molecule has 0 aliphatic carbocycles. The van der Waals surface area contributed by atoms with Gasteiger partial charge >= 0.3 is 5.97 Å². The summed E-state index contributed by atoms with van der Waals surface area (Å²) >= 11 is 0. The van der Waals surface area contributed by atoms with Gasteiger partial charge in [0.2, 0.25) is 5.91 Å². The molecule has 1 atom stereocenters. The number of aliphatic carboxylic acids is 1. The lowest BCUT2D eigenvalue weighted by molar-refractivity contribution is -0.142. The lowest BCUT2D eigenvalue weighted by Crippen LogP contribution is -2.26. The Kier molecular flexibility index (Phi) is 4.89. The van der Waals surface area contributed by atoms with E-state index in [1.54, 1.807) is 26.2 Å². The van der Waals surface area contributed by atoms with Crippen LogP contribution in [0.1, 0.15) is 30.4 Å². The van der Waals surface area contributed by atoms with Gasteiger partial charge in [0, 0.05) is 20.5 Å². The predicted octanol–water partition coefficient (Wildman–Crippen LogP) is 1.90. The lowest BCUT2D eigenvalue weighted by atomic mass is 9.94. The summed E-state index contributed by atoms with van der Waals surface area (Å²) in [6.07, 6.45) is 0.905. The van der Waals surface area contributed by atoms with Crippen LogP contribution in [0.2, 0.25) is 0 Å². The van der Waals surface area contributed by atoms with Gasteiger partial charge < -0.3 is 10.0 Å². The molecule has 0 aliphatic heterocycles. The van der Waals surface area contributed by atoms with Gasteiger partial charge in [0.15, 0.2) is 0 Å². The molecule has 1 aromatic rings. The molecule has 4 heteroatoms. The van der Waals surface area contributed by atoms with Gasteiger partial charge in [-0.1, -0.05) is 31.2 Å². The molecular weight excluding hydrogens is 230 g/mol. The summed E-state index contributed by atoms with van der Waals surface area (Å²) < 4.78 is 0. The van der Waals surface area contributed by atoms with Crippen molar-refractivity contribution < 1.29 is 14.7 Å². The van der Waals surface area contributed by atoms with Crippen LogP contribution in [0, 0.1) is 0 Å². The highest BCUT2D eigenvalue weighted by molar-refractivity contribution is 5.85. The van der Waals surface area contributed by atoms with Crippen LogP contribution in [0.4, 0.5) is 0 Å². The fourth-order valence-corrected chi connectivity index (χ4v) is 1.69. The van der Waals surface area contributed by atoms with Gasteiger partial charge in [-0.3, -0.25) is 9.59 Å². The van der Waals surface area contributed by atoms with Crippen molar-refractivity contribution in [2.45, 2.75) is 25.7 Å². The van der Waals surface area contributed by atoms with E-state index in [2.05, 4.69) is 0 Å². The number of carboxylic acids is 1. The maximum Gasteiger partial charge on any atom is 0.311 e. The molecule has 1 unspecified atom stereocenters. The van der Waals surface area contributed by atoms with Crippen LogP contribution in [0.15, 0.2) is 24.3 Å². The van der Waals surface area contributed by atoms with E-state index in [0.717, 1.165) is 12.0 Å². The van der Waals surface area contributed by atoms with Crippen molar-refractivity contribution in [2.24, 2.45) is 0 Å². The van der Waals surface area contributed by atoms with Gasteiger partial charge in [-0.05, 0) is 17.5 Å². The number of aryl methyl sites for hydroxylation is 1. The normalized spacial score (nSPS) is 11.9. The Morgan fingerprint density at radius 3 is 2.17 bits per heavy atom. The molecule has 1 rings (SSSR count). The number of benzene rings is 1. The van der Waals surface area contributed by atoms with Crippen molar-refractivity contribution in [3.63, 3.8) is 0 Å². The molecule has 1 N–H and O–H groups in total. The second-order valence-corrected chi connectivity index (χ2v) is 4.48. The first-order valence-corrected chi connectivity index (χ1v) is 5.97. The monoisotopic (exact) mass is 249 g/mol. The fourth-order valence-electron chi connectivity index (χ4n) is 1.69. The third kappa shape index (κ3) is 3.58. The molecule has 0 saturated heterocycles. The molecule has 18 heavy (non-hydrogen) atoms. The lowest BCUT2D eigenvalue weighted by Gasteiger charge is -2.16. The second kappa shape index (κ2) is 6.19. The third-order valence-corrected chi connectivity index (χ3v) is 2.97. The zero-order chi connectivity index (χ0) is 13.7. The molecule has 98 valence electrons. The summed E-state index contributed by atoms with van der Waals surface area (Å²) in [5, 5.41) is 9.21. The number of nitrogens with zero attached hydrogens (tertiary/aromatic N) is 1. The molecule has 0 radical (unpaired) electrons. The first-order chi connectivity index (χ1) is 8.45. The number of hydrogen-bond acceptors (Lipinski definition) is 2.